The van der Waals surface area contributed by atoms with Gasteiger partial charge in [-0.05, 0) is 43.7 Å². The summed E-state index contributed by atoms with van der Waals surface area (Å²) < 4.78 is 27.9. The molecular formula is C24H26N2O3S. The van der Waals surface area contributed by atoms with Gasteiger partial charge in [-0.25, -0.2) is 8.42 Å². The summed E-state index contributed by atoms with van der Waals surface area (Å²) in [6.45, 7) is 3.86. The number of sulfonamides is 1. The molecule has 30 heavy (non-hydrogen) atoms. The summed E-state index contributed by atoms with van der Waals surface area (Å²) in [6, 6.07) is 25.1. The second-order valence-corrected chi connectivity index (χ2v) is 9.04. The molecule has 1 atom stereocenters. The molecule has 0 saturated carbocycles. The lowest BCUT2D eigenvalue weighted by Crippen LogP contribution is -2.36. The molecule has 0 bridgehead atoms. The molecule has 0 unspecified atom stereocenters. The topological polar surface area (TPSA) is 66.5 Å². The Morgan fingerprint density at radius 2 is 1.47 bits per heavy atom. The van der Waals surface area contributed by atoms with Crippen molar-refractivity contribution in [1.29, 1.82) is 0 Å². The SMILES string of the molecule is Cc1ccc(S(=O)(=O)N(CCC(=O)N[C@H](C)c2ccccc2)c2ccccc2)cc1. The van der Waals surface area contributed by atoms with Crippen LogP contribution in [0.1, 0.15) is 30.5 Å². The predicted molar refractivity (Wildman–Crippen MR) is 120 cm³/mol. The van der Waals surface area contributed by atoms with Crippen molar-refractivity contribution in [3.8, 4) is 0 Å². The lowest BCUT2D eigenvalue weighted by Gasteiger charge is -2.25. The minimum atomic E-state index is -3.79. The molecule has 0 fully saturated rings. The second-order valence-electron chi connectivity index (χ2n) is 7.18. The van der Waals surface area contributed by atoms with Crippen LogP contribution in [0.25, 0.3) is 0 Å². The summed E-state index contributed by atoms with van der Waals surface area (Å²) in [5.74, 6) is -0.202. The van der Waals surface area contributed by atoms with Crippen LogP contribution in [-0.2, 0) is 14.8 Å². The molecule has 3 rings (SSSR count). The minimum Gasteiger partial charge on any atom is -0.350 e. The largest absolute Gasteiger partial charge is 0.350 e. The number of hydrogen-bond acceptors (Lipinski definition) is 3. The molecular weight excluding hydrogens is 396 g/mol. The number of carbonyl (C=O) groups excluding carboxylic acids is 1. The average molecular weight is 423 g/mol. The Hall–Kier alpha value is -3.12. The molecule has 0 heterocycles. The monoisotopic (exact) mass is 422 g/mol. The Morgan fingerprint density at radius 1 is 0.900 bits per heavy atom. The molecule has 0 spiro atoms. The Balaban J connectivity index is 1.77. The van der Waals surface area contributed by atoms with Gasteiger partial charge in [-0.2, -0.15) is 0 Å². The third-order valence-corrected chi connectivity index (χ3v) is 6.71. The van der Waals surface area contributed by atoms with Gasteiger partial charge in [0.05, 0.1) is 16.6 Å². The molecule has 156 valence electrons. The van der Waals surface area contributed by atoms with Gasteiger partial charge in [-0.3, -0.25) is 9.10 Å². The van der Waals surface area contributed by atoms with E-state index in [9.17, 15) is 13.2 Å². The van der Waals surface area contributed by atoms with E-state index in [2.05, 4.69) is 5.32 Å². The van der Waals surface area contributed by atoms with Crippen molar-refractivity contribution in [3.63, 3.8) is 0 Å². The Bertz CT molecular complexity index is 1070. The summed E-state index contributed by atoms with van der Waals surface area (Å²) in [7, 11) is -3.79. The highest BCUT2D eigenvalue weighted by molar-refractivity contribution is 7.92. The Labute approximate surface area is 178 Å². The van der Waals surface area contributed by atoms with Gasteiger partial charge in [-0.1, -0.05) is 66.2 Å². The Kier molecular flexibility index (Phi) is 6.90. The van der Waals surface area contributed by atoms with E-state index < -0.39 is 10.0 Å². The van der Waals surface area contributed by atoms with Gasteiger partial charge in [-0.15, -0.1) is 0 Å². The van der Waals surface area contributed by atoms with Crippen LogP contribution in [0.2, 0.25) is 0 Å². The first-order chi connectivity index (χ1) is 14.4. The Morgan fingerprint density at radius 3 is 2.07 bits per heavy atom. The number of para-hydroxylation sites is 1. The quantitative estimate of drug-likeness (QED) is 0.583. The second kappa shape index (κ2) is 9.59. The number of aryl methyl sites for hydroxylation is 1. The van der Waals surface area contributed by atoms with Crippen molar-refractivity contribution < 1.29 is 13.2 Å². The van der Waals surface area contributed by atoms with E-state index in [0.717, 1.165) is 11.1 Å². The lowest BCUT2D eigenvalue weighted by molar-refractivity contribution is -0.121. The van der Waals surface area contributed by atoms with Crippen LogP contribution in [0.3, 0.4) is 0 Å². The normalized spacial score (nSPS) is 12.2. The fourth-order valence-electron chi connectivity index (χ4n) is 3.16. The smallest absolute Gasteiger partial charge is 0.264 e. The molecule has 5 nitrogen and oxygen atoms in total. The van der Waals surface area contributed by atoms with Crippen LogP contribution >= 0.6 is 0 Å². The van der Waals surface area contributed by atoms with Gasteiger partial charge in [0.15, 0.2) is 0 Å². The first kappa shape index (κ1) is 21.6. The maximum absolute atomic E-state index is 13.3. The van der Waals surface area contributed by atoms with Crippen molar-refractivity contribution in [2.24, 2.45) is 0 Å². The number of carbonyl (C=O) groups is 1. The average Bonchev–Trinajstić information content (AvgIpc) is 2.75. The molecule has 0 aromatic heterocycles. The van der Waals surface area contributed by atoms with Crippen LogP contribution in [0.5, 0.6) is 0 Å². The van der Waals surface area contributed by atoms with Crippen molar-refractivity contribution in [3.05, 3.63) is 96.1 Å². The van der Waals surface area contributed by atoms with Crippen molar-refractivity contribution in [2.45, 2.75) is 31.2 Å². The summed E-state index contributed by atoms with van der Waals surface area (Å²) in [6.07, 6.45) is 0.0527. The van der Waals surface area contributed by atoms with Crippen molar-refractivity contribution >= 4 is 21.6 Å². The zero-order valence-electron chi connectivity index (χ0n) is 17.2. The first-order valence-electron chi connectivity index (χ1n) is 9.86. The number of hydrogen-bond donors (Lipinski definition) is 1. The fourth-order valence-corrected chi connectivity index (χ4v) is 4.63. The van der Waals surface area contributed by atoms with E-state index in [0.29, 0.717) is 5.69 Å². The van der Waals surface area contributed by atoms with Gasteiger partial charge >= 0.3 is 0 Å². The van der Waals surface area contributed by atoms with E-state index in [4.69, 9.17) is 0 Å². The highest BCUT2D eigenvalue weighted by atomic mass is 32.2. The zero-order chi connectivity index (χ0) is 21.6. The summed E-state index contributed by atoms with van der Waals surface area (Å²) >= 11 is 0. The lowest BCUT2D eigenvalue weighted by atomic mass is 10.1. The fraction of sp³-hybridized carbons (Fsp3) is 0.208. The number of nitrogens with zero attached hydrogens (tertiary/aromatic N) is 1. The summed E-state index contributed by atoms with van der Waals surface area (Å²) in [4.78, 5) is 12.7. The molecule has 3 aromatic carbocycles. The number of anilines is 1. The van der Waals surface area contributed by atoms with E-state index in [1.54, 1.807) is 48.5 Å². The van der Waals surface area contributed by atoms with E-state index in [-0.39, 0.29) is 29.8 Å². The third-order valence-electron chi connectivity index (χ3n) is 4.87. The van der Waals surface area contributed by atoms with Gasteiger partial charge in [0.1, 0.15) is 0 Å². The third kappa shape index (κ3) is 5.27. The number of rotatable bonds is 8. The van der Waals surface area contributed by atoms with Crippen molar-refractivity contribution in [1.82, 2.24) is 5.32 Å². The van der Waals surface area contributed by atoms with E-state index in [1.807, 2.05) is 50.2 Å². The van der Waals surface area contributed by atoms with Gasteiger partial charge in [0.25, 0.3) is 10.0 Å². The van der Waals surface area contributed by atoms with Gasteiger partial charge in [0.2, 0.25) is 5.91 Å². The highest BCUT2D eigenvalue weighted by Crippen LogP contribution is 2.24. The summed E-state index contributed by atoms with van der Waals surface area (Å²) in [5.41, 5.74) is 2.51. The first-order valence-corrected chi connectivity index (χ1v) is 11.3. The van der Waals surface area contributed by atoms with Crippen LogP contribution in [0, 0.1) is 6.92 Å². The molecule has 3 aromatic rings. The molecule has 1 N–H and O–H groups in total. The molecule has 0 aliphatic heterocycles. The molecule has 6 heteroatoms. The number of amides is 1. The van der Waals surface area contributed by atoms with Crippen LogP contribution in [0.4, 0.5) is 5.69 Å². The highest BCUT2D eigenvalue weighted by Gasteiger charge is 2.25. The standard InChI is InChI=1S/C24H26N2O3S/c1-19-13-15-23(16-14-19)30(28,29)26(22-11-7-4-8-12-22)18-17-24(27)25-20(2)21-9-5-3-6-10-21/h3-16,20H,17-18H2,1-2H3,(H,25,27)/t20-/m1/s1. The minimum absolute atomic E-state index is 0.0492. The molecule has 1 amide bonds. The maximum Gasteiger partial charge on any atom is 0.264 e. The molecule has 0 aliphatic carbocycles. The number of nitrogens with one attached hydrogen (secondary N) is 1. The van der Waals surface area contributed by atoms with E-state index >= 15 is 0 Å². The maximum atomic E-state index is 13.3. The summed E-state index contributed by atoms with van der Waals surface area (Å²) in [5, 5.41) is 2.94. The van der Waals surface area contributed by atoms with Crippen LogP contribution in [-0.4, -0.2) is 20.9 Å². The number of benzene rings is 3. The van der Waals surface area contributed by atoms with Gasteiger partial charge < -0.3 is 5.32 Å². The molecule has 0 saturated heterocycles. The van der Waals surface area contributed by atoms with Gasteiger partial charge in [0, 0.05) is 13.0 Å². The van der Waals surface area contributed by atoms with Crippen LogP contribution in [0.15, 0.2) is 89.8 Å². The van der Waals surface area contributed by atoms with Crippen LogP contribution < -0.4 is 9.62 Å². The van der Waals surface area contributed by atoms with E-state index in [1.165, 1.54) is 4.31 Å². The predicted octanol–water partition coefficient (Wildman–Crippen LogP) is 4.46. The molecule has 0 radical (unpaired) electrons. The van der Waals surface area contributed by atoms with Crippen molar-refractivity contribution in [2.75, 3.05) is 10.8 Å². The molecule has 0 aliphatic rings. The zero-order valence-corrected chi connectivity index (χ0v) is 18.0.